The van der Waals surface area contributed by atoms with Crippen molar-refractivity contribution in [3.05, 3.63) is 0 Å². The molecule has 0 saturated heterocycles. The first-order valence-electron chi connectivity index (χ1n) is 5.47. The van der Waals surface area contributed by atoms with E-state index in [1.54, 1.807) is 0 Å². The summed E-state index contributed by atoms with van der Waals surface area (Å²) in [6.07, 6.45) is 10.7. The summed E-state index contributed by atoms with van der Waals surface area (Å²) in [5.41, 5.74) is 1.05. The molecule has 0 aliphatic heterocycles. The molecule has 0 unspecified atom stereocenters. The molecule has 0 bridgehead atoms. The summed E-state index contributed by atoms with van der Waals surface area (Å²) < 4.78 is 0. The lowest BCUT2D eigenvalue weighted by Crippen LogP contribution is -2.56. The van der Waals surface area contributed by atoms with Crippen LogP contribution in [0.2, 0.25) is 0 Å². The van der Waals surface area contributed by atoms with Gasteiger partial charge in [0.1, 0.15) is 0 Å². The van der Waals surface area contributed by atoms with Gasteiger partial charge in [-0.25, -0.2) is 0 Å². The van der Waals surface area contributed by atoms with E-state index in [4.69, 9.17) is 0 Å². The fourth-order valence-corrected chi connectivity index (χ4v) is 4.40. The Morgan fingerprint density at radius 2 is 1.75 bits per heavy atom. The average molecular weight is 166 g/mol. The van der Waals surface area contributed by atoms with E-state index in [2.05, 4.69) is 0 Å². The first-order chi connectivity index (χ1) is 5.79. The fraction of sp³-hybridized carbons (Fsp3) is 1.00. The van der Waals surface area contributed by atoms with Crippen LogP contribution in [0.25, 0.3) is 0 Å². The van der Waals surface area contributed by atoms with E-state index in [9.17, 15) is 5.11 Å². The molecule has 1 heteroatoms. The summed E-state index contributed by atoms with van der Waals surface area (Å²) in [6, 6.07) is 0. The predicted molar refractivity (Wildman–Crippen MR) is 47.8 cm³/mol. The molecule has 0 aromatic heterocycles. The quantitative estimate of drug-likeness (QED) is 0.586. The molecule has 0 amide bonds. The van der Waals surface area contributed by atoms with E-state index in [1.807, 2.05) is 0 Å². The van der Waals surface area contributed by atoms with Crippen LogP contribution >= 0.6 is 0 Å². The zero-order valence-electron chi connectivity index (χ0n) is 7.68. The first kappa shape index (κ1) is 7.37. The van der Waals surface area contributed by atoms with Gasteiger partial charge in [0.15, 0.2) is 0 Å². The fourth-order valence-electron chi connectivity index (χ4n) is 4.40. The Kier molecular flexibility index (Phi) is 1.27. The van der Waals surface area contributed by atoms with Gasteiger partial charge in [-0.15, -0.1) is 0 Å². The summed E-state index contributed by atoms with van der Waals surface area (Å²) >= 11 is 0. The molecule has 12 heavy (non-hydrogen) atoms. The molecule has 3 saturated carbocycles. The number of rotatable bonds is 0. The van der Waals surface area contributed by atoms with Crippen LogP contribution in [0.3, 0.4) is 0 Å². The van der Waals surface area contributed by atoms with E-state index in [-0.39, 0.29) is 6.10 Å². The maximum absolute atomic E-state index is 10.1. The maximum atomic E-state index is 10.1. The molecule has 3 aliphatic rings. The standard InChI is InChI=1S/C11H18O/c12-9-3-1-4-10-5-2-6-11(9,10)8-7-10/h9,12H,1-8H2/t9-,10-,11+/m0/s1. The van der Waals surface area contributed by atoms with Gasteiger partial charge in [0.2, 0.25) is 0 Å². The minimum absolute atomic E-state index is 0.0579. The van der Waals surface area contributed by atoms with Crippen molar-refractivity contribution in [2.45, 2.75) is 57.5 Å². The van der Waals surface area contributed by atoms with Gasteiger partial charge in [-0.2, -0.15) is 0 Å². The van der Waals surface area contributed by atoms with Crippen molar-refractivity contribution in [2.24, 2.45) is 10.8 Å². The van der Waals surface area contributed by atoms with E-state index in [1.165, 1.54) is 44.9 Å². The van der Waals surface area contributed by atoms with Crippen molar-refractivity contribution in [2.75, 3.05) is 0 Å². The van der Waals surface area contributed by atoms with Gasteiger partial charge in [-0.05, 0) is 43.9 Å². The normalized spacial score (nSPS) is 57.2. The SMILES string of the molecule is O[C@H]1CCC[C@@]23CCC[C@@]12CC3. The van der Waals surface area contributed by atoms with E-state index >= 15 is 0 Å². The number of aliphatic hydroxyl groups excluding tert-OH is 1. The van der Waals surface area contributed by atoms with Crippen molar-refractivity contribution in [3.8, 4) is 0 Å². The summed E-state index contributed by atoms with van der Waals surface area (Å²) in [5, 5.41) is 10.1. The summed E-state index contributed by atoms with van der Waals surface area (Å²) in [4.78, 5) is 0. The molecule has 3 fully saturated rings. The van der Waals surface area contributed by atoms with Gasteiger partial charge < -0.3 is 5.11 Å². The lowest BCUT2D eigenvalue weighted by atomic mass is 9.44. The molecule has 1 N–H and O–H groups in total. The summed E-state index contributed by atoms with van der Waals surface area (Å²) in [5.74, 6) is 0. The second-order valence-corrected chi connectivity index (χ2v) is 5.20. The monoisotopic (exact) mass is 166 g/mol. The molecule has 0 spiro atoms. The summed E-state index contributed by atoms with van der Waals surface area (Å²) in [7, 11) is 0. The van der Waals surface area contributed by atoms with Crippen LogP contribution in [0.4, 0.5) is 0 Å². The highest BCUT2D eigenvalue weighted by atomic mass is 16.3. The van der Waals surface area contributed by atoms with Gasteiger partial charge >= 0.3 is 0 Å². The highest BCUT2D eigenvalue weighted by molar-refractivity contribution is 5.15. The van der Waals surface area contributed by atoms with Crippen molar-refractivity contribution < 1.29 is 5.11 Å². The number of hydrogen-bond acceptors (Lipinski definition) is 1. The van der Waals surface area contributed by atoms with Crippen LogP contribution < -0.4 is 0 Å². The Balaban J connectivity index is 1.99. The number of aliphatic hydroxyl groups is 1. The van der Waals surface area contributed by atoms with E-state index in [0.717, 1.165) is 6.42 Å². The number of hydrogen-bond donors (Lipinski definition) is 1. The molecular weight excluding hydrogens is 148 g/mol. The van der Waals surface area contributed by atoms with E-state index < -0.39 is 0 Å². The molecule has 0 aromatic rings. The topological polar surface area (TPSA) is 20.2 Å². The molecule has 0 radical (unpaired) electrons. The van der Waals surface area contributed by atoms with Crippen LogP contribution in [-0.2, 0) is 0 Å². The lowest BCUT2D eigenvalue weighted by Gasteiger charge is -2.61. The van der Waals surface area contributed by atoms with Gasteiger partial charge in [-0.1, -0.05) is 12.8 Å². The Bertz CT molecular complexity index is 213. The third kappa shape index (κ3) is 0.585. The van der Waals surface area contributed by atoms with Crippen molar-refractivity contribution in [3.63, 3.8) is 0 Å². The highest BCUT2D eigenvalue weighted by Crippen LogP contribution is 2.72. The molecule has 3 rings (SSSR count). The van der Waals surface area contributed by atoms with Crippen LogP contribution in [-0.4, -0.2) is 11.2 Å². The van der Waals surface area contributed by atoms with Crippen LogP contribution in [0, 0.1) is 10.8 Å². The lowest BCUT2D eigenvalue weighted by molar-refractivity contribution is -0.167. The van der Waals surface area contributed by atoms with Crippen LogP contribution in [0.1, 0.15) is 51.4 Å². The van der Waals surface area contributed by atoms with Gasteiger partial charge in [0.25, 0.3) is 0 Å². The van der Waals surface area contributed by atoms with Gasteiger partial charge in [-0.3, -0.25) is 0 Å². The van der Waals surface area contributed by atoms with E-state index in [0.29, 0.717) is 10.8 Å². The Morgan fingerprint density at radius 1 is 0.917 bits per heavy atom. The average Bonchev–Trinajstić information content (AvgIpc) is 2.31. The molecule has 3 atom stereocenters. The van der Waals surface area contributed by atoms with Crippen LogP contribution in [0.5, 0.6) is 0 Å². The van der Waals surface area contributed by atoms with Crippen molar-refractivity contribution >= 4 is 0 Å². The third-order valence-electron chi connectivity index (χ3n) is 5.15. The minimum Gasteiger partial charge on any atom is -0.393 e. The summed E-state index contributed by atoms with van der Waals surface area (Å²) in [6.45, 7) is 0. The maximum Gasteiger partial charge on any atom is 0.0601 e. The highest BCUT2D eigenvalue weighted by Gasteiger charge is 2.65. The Morgan fingerprint density at radius 3 is 2.42 bits per heavy atom. The van der Waals surface area contributed by atoms with Gasteiger partial charge in [0, 0.05) is 5.41 Å². The van der Waals surface area contributed by atoms with Crippen LogP contribution in [0.15, 0.2) is 0 Å². The second kappa shape index (κ2) is 2.06. The van der Waals surface area contributed by atoms with Gasteiger partial charge in [0.05, 0.1) is 6.10 Å². The van der Waals surface area contributed by atoms with Crippen molar-refractivity contribution in [1.82, 2.24) is 0 Å². The second-order valence-electron chi connectivity index (χ2n) is 5.20. The van der Waals surface area contributed by atoms with Crippen molar-refractivity contribution in [1.29, 1.82) is 0 Å². The molecule has 68 valence electrons. The zero-order chi connectivity index (χ0) is 8.23. The Labute approximate surface area is 74.2 Å². The molecule has 0 aromatic carbocycles. The molecule has 3 aliphatic carbocycles. The molecular formula is C11H18O. The largest absolute Gasteiger partial charge is 0.393 e. The third-order valence-corrected chi connectivity index (χ3v) is 5.15. The first-order valence-corrected chi connectivity index (χ1v) is 5.47. The predicted octanol–water partition coefficient (Wildman–Crippen LogP) is 2.48. The minimum atomic E-state index is 0.0579. The smallest absolute Gasteiger partial charge is 0.0601 e. The molecule has 0 heterocycles. The molecule has 1 nitrogen and oxygen atoms in total. The Hall–Kier alpha value is -0.0400. The zero-order valence-corrected chi connectivity index (χ0v) is 7.68.